The number of aliphatic carboxylic acids is 1. The normalized spacial score (nSPS) is 9.35. The van der Waals surface area contributed by atoms with E-state index in [1.54, 1.807) is 12.1 Å². The van der Waals surface area contributed by atoms with Gasteiger partial charge in [0, 0.05) is 5.97 Å². The van der Waals surface area contributed by atoms with E-state index < -0.39 is 11.9 Å². The molecule has 0 bridgehead atoms. The molecule has 0 aliphatic rings. The van der Waals surface area contributed by atoms with Crippen molar-refractivity contribution in [3.63, 3.8) is 0 Å². The number of unbranched alkanes of at least 4 members (excludes halogenated alkanes) is 14. The second kappa shape index (κ2) is 37.1. The van der Waals surface area contributed by atoms with E-state index in [1.807, 2.05) is 6.92 Å². The SMILES string of the molecule is CCCCCCCCCCCCCCCC(=O)[O-].Cc1ccc(C(=O)[O-])cc1.[CH2]CCC.[CH2]CCC.[Sn+2]. The molecule has 0 aliphatic heterocycles. The Bertz CT molecular complexity index is 565. The molecule has 0 atom stereocenters. The van der Waals surface area contributed by atoms with Gasteiger partial charge in [0.25, 0.3) is 0 Å². The first-order chi connectivity index (χ1) is 17.3. The summed E-state index contributed by atoms with van der Waals surface area (Å²) in [6, 6.07) is 6.55. The zero-order valence-corrected chi connectivity index (χ0v) is 27.4. The molecule has 1 aromatic rings. The summed E-state index contributed by atoms with van der Waals surface area (Å²) in [5.41, 5.74) is 1.27. The molecule has 1 rings (SSSR count). The smallest absolute Gasteiger partial charge is 0.550 e. The van der Waals surface area contributed by atoms with Crippen molar-refractivity contribution in [3.8, 4) is 0 Å². The van der Waals surface area contributed by atoms with Crippen LogP contribution in [0.4, 0.5) is 0 Å². The van der Waals surface area contributed by atoms with E-state index in [-0.39, 0.29) is 35.9 Å². The summed E-state index contributed by atoms with van der Waals surface area (Å²) >= 11 is 0. The number of carboxylic acids is 2. The molecule has 0 spiro atoms. The van der Waals surface area contributed by atoms with Gasteiger partial charge in [-0.05, 0) is 25.3 Å². The zero-order valence-electron chi connectivity index (χ0n) is 24.6. The standard InChI is InChI=1S/C16H32O2.C8H8O2.2C4H9.Sn/c1-2-3-4-5-6-7-8-9-10-11-12-13-14-15-16(17)18;1-6-2-4-7(5-3-6)8(9)10;2*1-3-4-2;/h2-15H2,1H3,(H,17,18);2-5H,1H3,(H,9,10);2*1,3-4H2,2H3;/q;;;;+2/p-2. The molecule has 4 radical (unpaired) electrons. The third-order valence-corrected chi connectivity index (χ3v) is 5.48. The summed E-state index contributed by atoms with van der Waals surface area (Å²) in [5.74, 6) is -2.03. The quantitative estimate of drug-likeness (QED) is 0.134. The van der Waals surface area contributed by atoms with Crippen LogP contribution in [0.2, 0.25) is 0 Å². The van der Waals surface area contributed by atoms with Gasteiger partial charge in [0.1, 0.15) is 0 Å². The molecule has 1 aromatic carbocycles. The number of carboxylic acid groups (broad SMARTS) is 2. The minimum atomic E-state index is -1.12. The van der Waals surface area contributed by atoms with Gasteiger partial charge in [0.05, 0.1) is 5.97 Å². The molecule has 4 nitrogen and oxygen atoms in total. The van der Waals surface area contributed by atoms with Gasteiger partial charge in [-0.3, -0.25) is 0 Å². The van der Waals surface area contributed by atoms with E-state index in [4.69, 9.17) is 0 Å². The van der Waals surface area contributed by atoms with Crippen molar-refractivity contribution in [2.24, 2.45) is 0 Å². The second-order valence-corrected chi connectivity index (χ2v) is 9.23. The molecule has 0 heterocycles. The number of carbonyl (C=O) groups excluding carboxylic acids is 2. The van der Waals surface area contributed by atoms with E-state index in [0.29, 0.717) is 0 Å². The number of hydrogen-bond donors (Lipinski definition) is 0. The largest absolute Gasteiger partial charge is 2.00 e. The van der Waals surface area contributed by atoms with Crippen molar-refractivity contribution in [3.05, 3.63) is 49.2 Å². The summed E-state index contributed by atoms with van der Waals surface area (Å²) < 4.78 is 0. The minimum Gasteiger partial charge on any atom is -0.550 e. The van der Waals surface area contributed by atoms with Crippen LogP contribution in [0.5, 0.6) is 0 Å². The van der Waals surface area contributed by atoms with Gasteiger partial charge < -0.3 is 19.8 Å². The van der Waals surface area contributed by atoms with Crippen molar-refractivity contribution in [2.75, 3.05) is 0 Å². The average Bonchev–Trinajstić information content (AvgIpc) is 2.87. The molecule has 0 unspecified atom stereocenters. The number of benzene rings is 1. The predicted molar refractivity (Wildman–Crippen MR) is 157 cm³/mol. The van der Waals surface area contributed by atoms with Crippen molar-refractivity contribution >= 4 is 35.8 Å². The maximum atomic E-state index is 10.2. The summed E-state index contributed by atoms with van der Waals surface area (Å²) in [7, 11) is 0. The summed E-state index contributed by atoms with van der Waals surface area (Å²) in [4.78, 5) is 20.4. The number of aromatic carboxylic acids is 1. The summed E-state index contributed by atoms with van der Waals surface area (Å²) in [6.07, 6.45) is 21.5. The van der Waals surface area contributed by atoms with Gasteiger partial charge in [0.15, 0.2) is 0 Å². The Morgan fingerprint density at radius 3 is 1.22 bits per heavy atom. The number of carbonyl (C=O) groups is 2. The molecule has 212 valence electrons. The van der Waals surface area contributed by atoms with E-state index in [9.17, 15) is 19.8 Å². The van der Waals surface area contributed by atoms with Crippen LogP contribution in [0, 0.1) is 20.8 Å². The van der Waals surface area contributed by atoms with E-state index in [1.165, 1.54) is 95.6 Å². The first-order valence-corrected chi connectivity index (χ1v) is 14.4. The molecule has 0 N–H and O–H groups in total. The Labute approximate surface area is 247 Å². The molecular formula is C32H56O4Sn. The van der Waals surface area contributed by atoms with Gasteiger partial charge in [-0.15, -0.1) is 0 Å². The molecule has 37 heavy (non-hydrogen) atoms. The van der Waals surface area contributed by atoms with Gasteiger partial charge >= 0.3 is 23.9 Å². The molecule has 0 fully saturated rings. The first kappa shape index (κ1) is 43.0. The zero-order chi connectivity index (χ0) is 27.9. The van der Waals surface area contributed by atoms with Crippen LogP contribution in [0.1, 0.15) is 152 Å². The number of hydrogen-bond acceptors (Lipinski definition) is 4. The van der Waals surface area contributed by atoms with E-state index in [0.717, 1.165) is 31.2 Å². The molecule has 0 saturated carbocycles. The van der Waals surface area contributed by atoms with Crippen molar-refractivity contribution in [2.45, 2.75) is 143 Å². The first-order valence-electron chi connectivity index (χ1n) is 14.4. The molecule has 0 aromatic heterocycles. The topological polar surface area (TPSA) is 80.3 Å². The Kier molecular flexibility index (Phi) is 43.2. The van der Waals surface area contributed by atoms with Crippen LogP contribution in [0.25, 0.3) is 0 Å². The molecule has 0 amide bonds. The second-order valence-electron chi connectivity index (χ2n) is 9.23. The Balaban J connectivity index is -0.000000239. The van der Waals surface area contributed by atoms with Gasteiger partial charge in [0.2, 0.25) is 0 Å². The maximum Gasteiger partial charge on any atom is 2.00 e. The van der Waals surface area contributed by atoms with Gasteiger partial charge in [-0.1, -0.05) is 167 Å². The fourth-order valence-electron chi connectivity index (χ4n) is 2.98. The van der Waals surface area contributed by atoms with Crippen LogP contribution in [-0.2, 0) is 4.79 Å². The maximum absolute atomic E-state index is 10.2. The number of aryl methyl sites for hydroxylation is 1. The van der Waals surface area contributed by atoms with Gasteiger partial charge in [-0.2, -0.15) is 0 Å². The third-order valence-electron chi connectivity index (χ3n) is 5.48. The molecule has 0 saturated heterocycles. The van der Waals surface area contributed by atoms with E-state index in [2.05, 4.69) is 34.6 Å². The molecule has 5 heteroatoms. The Morgan fingerprint density at radius 1 is 0.622 bits per heavy atom. The Morgan fingerprint density at radius 2 is 0.946 bits per heavy atom. The molecular weight excluding hydrogens is 567 g/mol. The van der Waals surface area contributed by atoms with E-state index >= 15 is 0 Å². The van der Waals surface area contributed by atoms with Crippen molar-refractivity contribution in [1.29, 1.82) is 0 Å². The van der Waals surface area contributed by atoms with Crippen molar-refractivity contribution < 1.29 is 19.8 Å². The van der Waals surface area contributed by atoms with Crippen LogP contribution in [-0.4, -0.2) is 35.8 Å². The Hall–Kier alpha value is -1.04. The van der Waals surface area contributed by atoms with Crippen LogP contribution >= 0.6 is 0 Å². The minimum absolute atomic E-state index is 0. The fourth-order valence-corrected chi connectivity index (χ4v) is 2.98. The monoisotopic (exact) mass is 624 g/mol. The summed E-state index contributed by atoms with van der Waals surface area (Å²) in [6.45, 7) is 15.6. The predicted octanol–water partition coefficient (Wildman–Crippen LogP) is 7.44. The number of rotatable bonds is 17. The van der Waals surface area contributed by atoms with Crippen LogP contribution < -0.4 is 10.2 Å². The van der Waals surface area contributed by atoms with Crippen LogP contribution in [0.15, 0.2) is 24.3 Å². The van der Waals surface area contributed by atoms with Gasteiger partial charge in [-0.25, -0.2) is 0 Å². The van der Waals surface area contributed by atoms with Crippen LogP contribution in [0.3, 0.4) is 0 Å². The van der Waals surface area contributed by atoms with Crippen molar-refractivity contribution in [1.82, 2.24) is 0 Å². The fraction of sp³-hybridized carbons (Fsp3) is 0.688. The third kappa shape index (κ3) is 42.3. The summed E-state index contributed by atoms with van der Waals surface area (Å²) in [5, 5.41) is 20.4. The molecule has 0 aliphatic carbocycles. The average molecular weight is 624 g/mol.